The highest BCUT2D eigenvalue weighted by Gasteiger charge is 2.29. The third-order valence-electron chi connectivity index (χ3n) is 5.39. The molecule has 1 fully saturated rings. The van der Waals surface area contributed by atoms with Crippen molar-refractivity contribution in [1.29, 1.82) is 0 Å². The van der Waals surface area contributed by atoms with Crippen LogP contribution in [-0.2, 0) is 16.0 Å². The summed E-state index contributed by atoms with van der Waals surface area (Å²) in [5, 5.41) is 2.09. The molecule has 1 aliphatic heterocycles. The van der Waals surface area contributed by atoms with Gasteiger partial charge in [-0.25, -0.2) is 0 Å². The van der Waals surface area contributed by atoms with Crippen molar-refractivity contribution in [3.05, 3.63) is 54.4 Å². The number of nitrogens with zero attached hydrogens (tertiary/aromatic N) is 4. The van der Waals surface area contributed by atoms with Crippen LogP contribution in [-0.4, -0.2) is 77.3 Å². The van der Waals surface area contributed by atoms with Gasteiger partial charge in [-0.05, 0) is 24.9 Å². The second kappa shape index (κ2) is 10.0. The zero-order valence-electron chi connectivity index (χ0n) is 17.6. The number of fused-ring (bicyclic) bond motifs is 1. The lowest BCUT2D eigenvalue weighted by Crippen LogP contribution is -2.55. The van der Waals surface area contributed by atoms with Crippen LogP contribution in [0.3, 0.4) is 0 Å². The number of likely N-dealkylation sites (N-methyl/N-ethyl adjacent to an activating group) is 1. The Morgan fingerprint density at radius 1 is 1.30 bits per heavy atom. The summed E-state index contributed by atoms with van der Waals surface area (Å²) in [6.07, 6.45) is 12.6. The number of benzene rings is 1. The van der Waals surface area contributed by atoms with Crippen molar-refractivity contribution in [3.63, 3.8) is 0 Å². The fraction of sp³-hybridized carbons (Fsp3) is 0.375. The van der Waals surface area contributed by atoms with E-state index in [9.17, 15) is 9.59 Å². The number of carbonyl (C=O) groups excluding carboxylic acids is 2. The van der Waals surface area contributed by atoms with Crippen LogP contribution in [0.15, 0.2) is 48.8 Å². The van der Waals surface area contributed by atoms with Crippen LogP contribution in [0, 0.1) is 12.3 Å². The fourth-order valence-electron chi connectivity index (χ4n) is 3.77. The molecule has 1 aromatic carbocycles. The molecule has 30 heavy (non-hydrogen) atoms. The number of pyridine rings is 1. The van der Waals surface area contributed by atoms with Gasteiger partial charge in [0.05, 0.1) is 13.0 Å². The Balaban J connectivity index is 1.57. The molecular weight excluding hydrogens is 376 g/mol. The number of aromatic nitrogens is 1. The van der Waals surface area contributed by atoms with Crippen molar-refractivity contribution >= 4 is 22.6 Å². The molecule has 6 heteroatoms. The minimum atomic E-state index is -0.0318. The lowest BCUT2D eigenvalue weighted by atomic mass is 10.0. The normalized spacial score (nSPS) is 16.9. The number of hydrogen-bond acceptors (Lipinski definition) is 4. The summed E-state index contributed by atoms with van der Waals surface area (Å²) in [4.78, 5) is 35.3. The van der Waals surface area contributed by atoms with Crippen LogP contribution < -0.4 is 0 Å². The first kappa shape index (κ1) is 21.5. The maximum absolute atomic E-state index is 13.0. The molecule has 2 amide bonds. The molecule has 156 valence electrons. The quantitative estimate of drug-likeness (QED) is 0.546. The highest BCUT2D eigenvalue weighted by molar-refractivity contribution is 5.90. The van der Waals surface area contributed by atoms with Gasteiger partial charge in [0.15, 0.2) is 0 Å². The average Bonchev–Trinajstić information content (AvgIpc) is 2.74. The number of amides is 2. The number of rotatable bonds is 6. The van der Waals surface area contributed by atoms with Crippen LogP contribution >= 0.6 is 0 Å². The van der Waals surface area contributed by atoms with E-state index in [4.69, 9.17) is 6.42 Å². The smallest absolute Gasteiger partial charge is 0.246 e. The van der Waals surface area contributed by atoms with Crippen LogP contribution in [0.25, 0.3) is 10.8 Å². The van der Waals surface area contributed by atoms with E-state index in [1.54, 1.807) is 17.2 Å². The molecular formula is C24H28N4O2. The van der Waals surface area contributed by atoms with Crippen molar-refractivity contribution in [1.82, 2.24) is 19.7 Å². The first-order valence-electron chi connectivity index (χ1n) is 10.2. The van der Waals surface area contributed by atoms with E-state index in [1.807, 2.05) is 60.3 Å². The SMILES string of the molecule is C#CCN(C)C/C=C/C(=O)N1CCN(C(=O)Cc2cncc3ccccc23)[C@@H](C)C1. The Morgan fingerprint density at radius 3 is 2.87 bits per heavy atom. The molecule has 0 spiro atoms. The molecule has 3 rings (SSSR count). The molecule has 6 nitrogen and oxygen atoms in total. The van der Waals surface area contributed by atoms with Crippen LogP contribution in [0.5, 0.6) is 0 Å². The molecule has 2 heterocycles. The monoisotopic (exact) mass is 404 g/mol. The number of carbonyl (C=O) groups is 2. The van der Waals surface area contributed by atoms with Crippen LogP contribution in [0.1, 0.15) is 12.5 Å². The molecule has 2 aromatic rings. The minimum absolute atomic E-state index is 0.0266. The molecule has 0 unspecified atom stereocenters. The first-order valence-corrected chi connectivity index (χ1v) is 10.2. The van der Waals surface area contributed by atoms with E-state index in [2.05, 4.69) is 10.9 Å². The summed E-state index contributed by atoms with van der Waals surface area (Å²) >= 11 is 0. The van der Waals surface area contributed by atoms with Gasteiger partial charge in [-0.2, -0.15) is 0 Å². The molecule has 1 atom stereocenters. The fourth-order valence-corrected chi connectivity index (χ4v) is 3.77. The van der Waals surface area contributed by atoms with Gasteiger partial charge in [-0.15, -0.1) is 6.42 Å². The van der Waals surface area contributed by atoms with Crippen molar-refractivity contribution in [2.24, 2.45) is 0 Å². The highest BCUT2D eigenvalue weighted by Crippen LogP contribution is 2.19. The third kappa shape index (κ3) is 5.25. The van der Waals surface area contributed by atoms with Crippen molar-refractivity contribution in [2.45, 2.75) is 19.4 Å². The average molecular weight is 405 g/mol. The van der Waals surface area contributed by atoms with Crippen molar-refractivity contribution in [2.75, 3.05) is 39.8 Å². The standard InChI is InChI=1S/C24H28N4O2/c1-4-11-26(3)12-7-10-23(29)27-13-14-28(19(2)18-27)24(30)15-21-17-25-16-20-8-5-6-9-22(20)21/h1,5-10,16-17,19H,11-15,18H2,2-3H3/b10-7+/t19-/m0/s1. The highest BCUT2D eigenvalue weighted by atomic mass is 16.2. The second-order valence-electron chi connectivity index (χ2n) is 7.72. The maximum Gasteiger partial charge on any atom is 0.246 e. The van der Waals surface area contributed by atoms with Gasteiger partial charge in [0.1, 0.15) is 0 Å². The van der Waals surface area contributed by atoms with E-state index < -0.39 is 0 Å². The Bertz CT molecular complexity index is 973. The summed E-state index contributed by atoms with van der Waals surface area (Å²) in [7, 11) is 1.91. The van der Waals surface area contributed by atoms with Gasteiger partial charge in [0.25, 0.3) is 0 Å². The summed E-state index contributed by atoms with van der Waals surface area (Å²) in [6, 6.07) is 7.93. The molecule has 0 saturated carbocycles. The molecule has 1 saturated heterocycles. The zero-order valence-corrected chi connectivity index (χ0v) is 17.6. The summed E-state index contributed by atoms with van der Waals surface area (Å²) in [6.45, 7) is 4.76. The van der Waals surface area contributed by atoms with Crippen molar-refractivity contribution < 1.29 is 9.59 Å². The second-order valence-corrected chi connectivity index (χ2v) is 7.72. The topological polar surface area (TPSA) is 56.8 Å². The molecule has 0 bridgehead atoms. The van der Waals surface area contributed by atoms with Crippen LogP contribution in [0.2, 0.25) is 0 Å². The van der Waals surface area contributed by atoms with Crippen molar-refractivity contribution in [3.8, 4) is 12.3 Å². The summed E-state index contributed by atoms with van der Waals surface area (Å²) in [5.41, 5.74) is 0.933. The van der Waals surface area contributed by atoms with E-state index in [0.29, 0.717) is 39.1 Å². The lowest BCUT2D eigenvalue weighted by molar-refractivity contribution is -0.139. The van der Waals surface area contributed by atoms with E-state index >= 15 is 0 Å². The Kier molecular flexibility index (Phi) is 7.21. The van der Waals surface area contributed by atoms with Gasteiger partial charge < -0.3 is 9.80 Å². The van der Waals surface area contributed by atoms with Crippen LogP contribution in [0.4, 0.5) is 0 Å². The Morgan fingerprint density at radius 2 is 2.10 bits per heavy atom. The minimum Gasteiger partial charge on any atom is -0.336 e. The van der Waals surface area contributed by atoms with Gasteiger partial charge in [0.2, 0.25) is 11.8 Å². The molecule has 0 N–H and O–H groups in total. The Hall–Kier alpha value is -3.17. The number of terminal acetylenes is 1. The third-order valence-corrected chi connectivity index (χ3v) is 5.39. The largest absolute Gasteiger partial charge is 0.336 e. The van der Waals surface area contributed by atoms with Gasteiger partial charge in [0, 0.05) is 56.1 Å². The van der Waals surface area contributed by atoms with E-state index in [-0.39, 0.29) is 17.9 Å². The number of hydrogen-bond donors (Lipinski definition) is 0. The molecule has 0 aliphatic carbocycles. The summed E-state index contributed by atoms with van der Waals surface area (Å²) < 4.78 is 0. The molecule has 1 aromatic heterocycles. The predicted molar refractivity (Wildman–Crippen MR) is 119 cm³/mol. The predicted octanol–water partition coefficient (Wildman–Crippen LogP) is 1.96. The van der Waals surface area contributed by atoms with E-state index in [0.717, 1.165) is 16.3 Å². The zero-order chi connectivity index (χ0) is 21.5. The lowest BCUT2D eigenvalue weighted by Gasteiger charge is -2.39. The maximum atomic E-state index is 13.0. The molecule has 0 radical (unpaired) electrons. The Labute approximate surface area is 178 Å². The van der Waals surface area contributed by atoms with Gasteiger partial charge in [-0.1, -0.05) is 36.3 Å². The summed E-state index contributed by atoms with van der Waals surface area (Å²) in [5.74, 6) is 2.61. The van der Waals surface area contributed by atoms with Gasteiger partial charge in [-0.3, -0.25) is 19.5 Å². The first-order chi connectivity index (χ1) is 14.5. The molecule has 1 aliphatic rings. The van der Waals surface area contributed by atoms with Gasteiger partial charge >= 0.3 is 0 Å². The number of piperazine rings is 1. The van der Waals surface area contributed by atoms with E-state index in [1.165, 1.54) is 0 Å².